The largest absolute Gasteiger partial charge is 0.493 e. The molecule has 1 aliphatic heterocycles. The van der Waals surface area contributed by atoms with Gasteiger partial charge in [0.25, 0.3) is 5.91 Å². The van der Waals surface area contributed by atoms with Crippen LogP contribution in [-0.2, 0) is 6.42 Å². The molecule has 1 atom stereocenters. The second-order valence-corrected chi connectivity index (χ2v) is 5.40. The van der Waals surface area contributed by atoms with E-state index in [4.69, 9.17) is 9.47 Å². The fourth-order valence-corrected chi connectivity index (χ4v) is 2.86. The SMILES string of the molecule is COc1ccc(CCN2C(=O)c3ccccc3C2O)cc1OC. The van der Waals surface area contributed by atoms with E-state index in [1.54, 1.807) is 32.4 Å². The predicted molar refractivity (Wildman–Crippen MR) is 85.7 cm³/mol. The zero-order chi connectivity index (χ0) is 16.4. The zero-order valence-corrected chi connectivity index (χ0v) is 13.2. The molecule has 0 radical (unpaired) electrons. The summed E-state index contributed by atoms with van der Waals surface area (Å²) in [6.07, 6.45) is -0.254. The van der Waals surface area contributed by atoms with Crippen molar-refractivity contribution in [1.82, 2.24) is 4.90 Å². The summed E-state index contributed by atoms with van der Waals surface area (Å²) in [5.74, 6) is 1.19. The van der Waals surface area contributed by atoms with Crippen molar-refractivity contribution in [3.63, 3.8) is 0 Å². The number of carbonyl (C=O) groups is 1. The lowest BCUT2D eigenvalue weighted by Crippen LogP contribution is -2.30. The van der Waals surface area contributed by atoms with Gasteiger partial charge < -0.3 is 19.5 Å². The number of carbonyl (C=O) groups excluding carboxylic acids is 1. The smallest absolute Gasteiger partial charge is 0.256 e. The molecular weight excluding hydrogens is 294 g/mol. The number of ether oxygens (including phenoxy) is 2. The highest BCUT2D eigenvalue weighted by molar-refractivity contribution is 5.98. The van der Waals surface area contributed by atoms with Crippen LogP contribution in [-0.4, -0.2) is 36.7 Å². The summed E-state index contributed by atoms with van der Waals surface area (Å²) >= 11 is 0. The standard InChI is InChI=1S/C18H19NO4/c1-22-15-8-7-12(11-16(15)23-2)9-10-19-17(20)13-5-3-4-6-14(13)18(19)21/h3-8,11,17,20H,9-10H2,1-2H3. The van der Waals surface area contributed by atoms with Gasteiger partial charge in [0.2, 0.25) is 0 Å². The van der Waals surface area contributed by atoms with Gasteiger partial charge >= 0.3 is 0 Å². The third-order valence-electron chi connectivity index (χ3n) is 4.11. The average molecular weight is 313 g/mol. The first-order valence-electron chi connectivity index (χ1n) is 7.44. The number of methoxy groups -OCH3 is 2. The zero-order valence-electron chi connectivity index (χ0n) is 13.2. The maximum Gasteiger partial charge on any atom is 0.256 e. The van der Waals surface area contributed by atoms with E-state index in [9.17, 15) is 9.90 Å². The molecule has 2 aromatic carbocycles. The van der Waals surface area contributed by atoms with Crippen LogP contribution in [0, 0.1) is 0 Å². The number of aliphatic hydroxyl groups excluding tert-OH is 1. The van der Waals surface area contributed by atoms with E-state index < -0.39 is 6.23 Å². The van der Waals surface area contributed by atoms with E-state index in [2.05, 4.69) is 0 Å². The molecule has 3 rings (SSSR count). The molecule has 0 saturated carbocycles. The van der Waals surface area contributed by atoms with Crippen molar-refractivity contribution in [2.75, 3.05) is 20.8 Å². The summed E-state index contributed by atoms with van der Waals surface area (Å²) in [6.45, 7) is 0.435. The van der Waals surface area contributed by atoms with Crippen molar-refractivity contribution < 1.29 is 19.4 Å². The van der Waals surface area contributed by atoms with E-state index in [0.717, 1.165) is 5.56 Å². The Morgan fingerprint density at radius 1 is 1.09 bits per heavy atom. The highest BCUT2D eigenvalue weighted by Crippen LogP contribution is 2.32. The van der Waals surface area contributed by atoms with Crippen molar-refractivity contribution in [3.8, 4) is 11.5 Å². The molecule has 0 spiro atoms. The summed E-state index contributed by atoms with van der Waals surface area (Å²) in [6, 6.07) is 12.8. The molecule has 0 saturated heterocycles. The molecule has 0 bridgehead atoms. The Balaban J connectivity index is 1.73. The van der Waals surface area contributed by atoms with Crippen LogP contribution in [0.25, 0.3) is 0 Å². The number of rotatable bonds is 5. The minimum absolute atomic E-state index is 0.131. The van der Waals surface area contributed by atoms with Crippen molar-refractivity contribution in [2.45, 2.75) is 12.6 Å². The van der Waals surface area contributed by atoms with Gasteiger partial charge in [-0.2, -0.15) is 0 Å². The number of hydrogen-bond acceptors (Lipinski definition) is 4. The van der Waals surface area contributed by atoms with E-state index >= 15 is 0 Å². The number of benzene rings is 2. The monoisotopic (exact) mass is 313 g/mol. The molecule has 1 unspecified atom stereocenters. The first kappa shape index (κ1) is 15.4. The van der Waals surface area contributed by atoms with Crippen LogP contribution in [0.3, 0.4) is 0 Å². The molecule has 1 N–H and O–H groups in total. The van der Waals surface area contributed by atoms with E-state index in [1.807, 2.05) is 24.3 Å². The van der Waals surface area contributed by atoms with Crippen molar-refractivity contribution in [2.24, 2.45) is 0 Å². The van der Waals surface area contributed by atoms with Gasteiger partial charge in [-0.25, -0.2) is 0 Å². The van der Waals surface area contributed by atoms with Gasteiger partial charge in [-0.1, -0.05) is 24.3 Å². The summed E-state index contributed by atoms with van der Waals surface area (Å²) in [4.78, 5) is 13.9. The third-order valence-corrected chi connectivity index (χ3v) is 4.11. The van der Waals surface area contributed by atoms with Crippen LogP contribution in [0.2, 0.25) is 0 Å². The fourth-order valence-electron chi connectivity index (χ4n) is 2.86. The average Bonchev–Trinajstić information content (AvgIpc) is 2.84. The first-order valence-corrected chi connectivity index (χ1v) is 7.44. The van der Waals surface area contributed by atoms with Gasteiger partial charge in [0.05, 0.1) is 14.2 Å². The molecule has 0 aliphatic carbocycles. The summed E-state index contributed by atoms with van der Waals surface area (Å²) < 4.78 is 10.5. The van der Waals surface area contributed by atoms with Crippen LogP contribution in [0.1, 0.15) is 27.7 Å². The van der Waals surface area contributed by atoms with Crippen molar-refractivity contribution in [1.29, 1.82) is 0 Å². The number of aliphatic hydroxyl groups is 1. The van der Waals surface area contributed by atoms with Crippen LogP contribution >= 0.6 is 0 Å². The Bertz CT molecular complexity index is 729. The molecule has 0 aromatic heterocycles. The number of amides is 1. The summed E-state index contributed by atoms with van der Waals surface area (Å²) in [7, 11) is 3.18. The van der Waals surface area contributed by atoms with Crippen LogP contribution < -0.4 is 9.47 Å². The minimum Gasteiger partial charge on any atom is -0.493 e. The van der Waals surface area contributed by atoms with Gasteiger partial charge in [-0.15, -0.1) is 0 Å². The van der Waals surface area contributed by atoms with E-state index in [0.29, 0.717) is 35.6 Å². The summed E-state index contributed by atoms with van der Waals surface area (Å²) in [5, 5.41) is 10.3. The molecule has 1 aliphatic rings. The number of hydrogen-bond donors (Lipinski definition) is 1. The van der Waals surface area contributed by atoms with Gasteiger partial charge in [0.1, 0.15) is 0 Å². The second-order valence-electron chi connectivity index (χ2n) is 5.40. The Kier molecular flexibility index (Phi) is 4.21. The first-order chi connectivity index (χ1) is 11.2. The van der Waals surface area contributed by atoms with E-state index in [1.165, 1.54) is 4.90 Å². The highest BCUT2D eigenvalue weighted by atomic mass is 16.5. The maximum atomic E-state index is 12.4. The molecule has 2 aromatic rings. The summed E-state index contributed by atoms with van der Waals surface area (Å²) in [5.41, 5.74) is 2.26. The molecule has 23 heavy (non-hydrogen) atoms. The van der Waals surface area contributed by atoms with Crippen LogP contribution in [0.5, 0.6) is 11.5 Å². The molecule has 0 fully saturated rings. The van der Waals surface area contributed by atoms with Gasteiger partial charge in [-0.05, 0) is 30.2 Å². The molecule has 120 valence electrons. The lowest BCUT2D eigenvalue weighted by atomic mass is 10.1. The highest BCUT2D eigenvalue weighted by Gasteiger charge is 2.34. The topological polar surface area (TPSA) is 59.0 Å². The normalized spacial score (nSPS) is 16.4. The Morgan fingerprint density at radius 2 is 1.83 bits per heavy atom. The second kappa shape index (κ2) is 6.30. The Labute approximate surface area is 135 Å². The van der Waals surface area contributed by atoms with Gasteiger partial charge in [-0.3, -0.25) is 4.79 Å². The van der Waals surface area contributed by atoms with Crippen LogP contribution in [0.15, 0.2) is 42.5 Å². The van der Waals surface area contributed by atoms with Gasteiger partial charge in [0.15, 0.2) is 17.7 Å². The lowest BCUT2D eigenvalue weighted by molar-refractivity contribution is 0.0182. The Morgan fingerprint density at radius 3 is 2.52 bits per heavy atom. The minimum atomic E-state index is -0.876. The van der Waals surface area contributed by atoms with Crippen LogP contribution in [0.4, 0.5) is 0 Å². The van der Waals surface area contributed by atoms with Crippen molar-refractivity contribution in [3.05, 3.63) is 59.2 Å². The third kappa shape index (κ3) is 2.75. The fraction of sp³-hybridized carbons (Fsp3) is 0.278. The molecule has 1 amide bonds. The molecule has 5 heteroatoms. The Hall–Kier alpha value is -2.53. The van der Waals surface area contributed by atoms with E-state index in [-0.39, 0.29) is 5.91 Å². The predicted octanol–water partition coefficient (Wildman–Crippen LogP) is 2.39. The lowest BCUT2D eigenvalue weighted by Gasteiger charge is -2.21. The number of fused-ring (bicyclic) bond motifs is 1. The molecule has 1 heterocycles. The maximum absolute atomic E-state index is 12.4. The quantitative estimate of drug-likeness (QED) is 0.921. The number of nitrogens with zero attached hydrogens (tertiary/aromatic N) is 1. The molecular formula is C18H19NO4. The van der Waals surface area contributed by atoms with Crippen molar-refractivity contribution >= 4 is 5.91 Å². The molecule has 5 nitrogen and oxygen atoms in total. The van der Waals surface area contributed by atoms with Gasteiger partial charge in [0, 0.05) is 17.7 Å².